The Morgan fingerprint density at radius 1 is 0.786 bits per heavy atom. The Balaban J connectivity index is 1.66. The van der Waals surface area contributed by atoms with E-state index in [1.165, 1.54) is 12.1 Å². The van der Waals surface area contributed by atoms with Gasteiger partial charge in [0.05, 0.1) is 0 Å². The average molecular weight is 367 g/mol. The van der Waals surface area contributed by atoms with Crippen LogP contribution >= 0.6 is 0 Å². The van der Waals surface area contributed by atoms with Gasteiger partial charge in [0, 0.05) is 23.6 Å². The molecule has 0 saturated carbocycles. The summed E-state index contributed by atoms with van der Waals surface area (Å²) in [6.07, 6.45) is 0. The molecule has 0 aliphatic heterocycles. The van der Waals surface area contributed by atoms with Crippen molar-refractivity contribution in [1.29, 1.82) is 0 Å². The van der Waals surface area contributed by atoms with E-state index in [0.29, 0.717) is 0 Å². The molecule has 0 N–H and O–H groups in total. The highest BCUT2D eigenvalue weighted by Gasteiger charge is 2.14. The van der Waals surface area contributed by atoms with E-state index in [-0.39, 0.29) is 5.82 Å². The summed E-state index contributed by atoms with van der Waals surface area (Å²) in [5.41, 5.74) is 5.29. The molecule has 5 aromatic rings. The highest BCUT2D eigenvalue weighted by atomic mass is 19.1. The maximum atomic E-state index is 13.3. The summed E-state index contributed by atoms with van der Waals surface area (Å²) in [6, 6.07) is 28.3. The van der Waals surface area contributed by atoms with Crippen LogP contribution in [0.4, 0.5) is 4.39 Å². The molecule has 0 fully saturated rings. The van der Waals surface area contributed by atoms with Gasteiger partial charge in [-0.3, -0.25) is 0 Å². The number of furan rings is 1. The lowest BCUT2D eigenvalue weighted by molar-refractivity contribution is 0.626. The highest BCUT2D eigenvalue weighted by molar-refractivity contribution is 6.09. The zero-order chi connectivity index (χ0) is 20.0. The van der Waals surface area contributed by atoms with Crippen LogP contribution in [-0.2, 0) is 0 Å². The van der Waals surface area contributed by atoms with Gasteiger partial charge in [0.15, 0.2) is 0 Å². The number of hydrogen-bond donors (Lipinski definition) is 0. The van der Waals surface area contributed by atoms with Crippen molar-refractivity contribution in [3.63, 3.8) is 0 Å². The molecule has 0 aliphatic rings. The number of fused-ring (bicyclic) bond motifs is 3. The lowest BCUT2D eigenvalue weighted by Crippen LogP contribution is -1.96. The molecule has 0 radical (unpaired) electrons. The van der Waals surface area contributed by atoms with Crippen molar-refractivity contribution in [3.05, 3.63) is 108 Å². The van der Waals surface area contributed by atoms with Crippen LogP contribution in [0.1, 0.15) is 25.3 Å². The zero-order valence-electron chi connectivity index (χ0n) is 16.4. The number of rotatable bonds is 3. The van der Waals surface area contributed by atoms with Crippen LogP contribution in [0.25, 0.3) is 33.1 Å². The van der Waals surface area contributed by atoms with Gasteiger partial charge < -0.3 is 4.42 Å². The molecule has 1 unspecified atom stereocenters. The SMILES string of the molecule is [2H]C(C)(c1ccc(F)cc1)c1cccc(-c2cccc3c2oc2ccccc23)c1. The Bertz CT molecular complexity index is 1330. The third-order valence-corrected chi connectivity index (χ3v) is 5.29. The van der Waals surface area contributed by atoms with E-state index in [4.69, 9.17) is 5.79 Å². The van der Waals surface area contributed by atoms with Gasteiger partial charge in [0.25, 0.3) is 0 Å². The molecule has 1 aromatic heterocycles. The normalized spacial score (nSPS) is 14.1. The Hall–Kier alpha value is -3.39. The van der Waals surface area contributed by atoms with E-state index in [2.05, 4.69) is 12.1 Å². The standard InChI is InChI=1S/C26H19FO/c1-17(18-12-14-21(27)15-13-18)19-6-4-7-20(16-19)22-9-5-10-24-23-8-2-3-11-25(23)28-26(22)24/h2-17H,1H3/i17D. The largest absolute Gasteiger partial charge is 0.455 e. The van der Waals surface area contributed by atoms with Gasteiger partial charge in [0.1, 0.15) is 17.0 Å². The van der Waals surface area contributed by atoms with Crippen LogP contribution in [0.2, 0.25) is 0 Å². The first kappa shape index (κ1) is 15.6. The van der Waals surface area contributed by atoms with Crippen molar-refractivity contribution < 1.29 is 10.2 Å². The molecule has 0 saturated heterocycles. The Morgan fingerprint density at radius 3 is 2.39 bits per heavy atom. The van der Waals surface area contributed by atoms with Crippen LogP contribution in [0.5, 0.6) is 0 Å². The Morgan fingerprint density at radius 2 is 1.54 bits per heavy atom. The number of halogens is 1. The number of hydrogen-bond acceptors (Lipinski definition) is 1. The second-order valence-corrected chi connectivity index (χ2v) is 6.99. The minimum Gasteiger partial charge on any atom is -0.455 e. The van der Waals surface area contributed by atoms with E-state index in [1.807, 2.05) is 61.5 Å². The number of para-hydroxylation sites is 2. The smallest absolute Gasteiger partial charge is 0.143 e. The molecule has 1 heterocycles. The van der Waals surface area contributed by atoms with Gasteiger partial charge in [-0.2, -0.15) is 0 Å². The summed E-state index contributed by atoms with van der Waals surface area (Å²) in [5.74, 6) is -1.29. The minimum atomic E-state index is -0.995. The predicted octanol–water partition coefficient (Wildman–Crippen LogP) is 7.54. The molecular weight excluding hydrogens is 347 g/mol. The van der Waals surface area contributed by atoms with Gasteiger partial charge >= 0.3 is 0 Å². The van der Waals surface area contributed by atoms with Gasteiger partial charge in [-0.1, -0.05) is 79.7 Å². The lowest BCUT2D eigenvalue weighted by atomic mass is 9.90. The molecule has 0 spiro atoms. The van der Waals surface area contributed by atoms with E-state index in [9.17, 15) is 4.39 Å². The summed E-state index contributed by atoms with van der Waals surface area (Å²) < 4.78 is 28.4. The van der Waals surface area contributed by atoms with Crippen LogP contribution in [0, 0.1) is 5.82 Å². The van der Waals surface area contributed by atoms with E-state index in [0.717, 1.165) is 44.2 Å². The van der Waals surface area contributed by atoms with Gasteiger partial charge in [0.2, 0.25) is 0 Å². The van der Waals surface area contributed by atoms with Gasteiger partial charge in [-0.25, -0.2) is 4.39 Å². The Kier molecular flexibility index (Phi) is 3.71. The van der Waals surface area contributed by atoms with Crippen molar-refractivity contribution in [2.75, 3.05) is 0 Å². The van der Waals surface area contributed by atoms with Crippen molar-refractivity contribution in [2.45, 2.75) is 12.8 Å². The first-order valence-corrected chi connectivity index (χ1v) is 9.31. The first-order valence-electron chi connectivity index (χ1n) is 9.81. The lowest BCUT2D eigenvalue weighted by Gasteiger charge is -2.14. The van der Waals surface area contributed by atoms with Crippen LogP contribution in [0.15, 0.2) is 95.4 Å². The predicted molar refractivity (Wildman–Crippen MR) is 113 cm³/mol. The third-order valence-electron chi connectivity index (χ3n) is 5.29. The molecule has 5 rings (SSSR count). The van der Waals surface area contributed by atoms with Gasteiger partial charge in [-0.15, -0.1) is 0 Å². The molecule has 28 heavy (non-hydrogen) atoms. The zero-order valence-corrected chi connectivity index (χ0v) is 15.4. The Labute approximate surface area is 164 Å². The maximum Gasteiger partial charge on any atom is 0.143 e. The monoisotopic (exact) mass is 367 g/mol. The van der Waals surface area contributed by atoms with E-state index in [1.54, 1.807) is 12.1 Å². The summed E-state index contributed by atoms with van der Waals surface area (Å²) >= 11 is 0. The van der Waals surface area contributed by atoms with Crippen molar-refractivity contribution >= 4 is 21.9 Å². The molecule has 1 atom stereocenters. The summed E-state index contributed by atoms with van der Waals surface area (Å²) in [7, 11) is 0. The molecule has 2 heteroatoms. The van der Waals surface area contributed by atoms with E-state index < -0.39 is 5.89 Å². The maximum absolute atomic E-state index is 13.3. The molecular formula is C26H19FO. The minimum absolute atomic E-state index is 0.296. The molecule has 0 bridgehead atoms. The highest BCUT2D eigenvalue weighted by Crippen LogP contribution is 2.36. The molecule has 4 aromatic carbocycles. The fourth-order valence-electron chi connectivity index (χ4n) is 3.76. The van der Waals surface area contributed by atoms with Crippen molar-refractivity contribution in [3.8, 4) is 11.1 Å². The van der Waals surface area contributed by atoms with Crippen LogP contribution in [-0.4, -0.2) is 0 Å². The quantitative estimate of drug-likeness (QED) is 0.321. The van der Waals surface area contributed by atoms with Gasteiger partial charge in [-0.05, 0) is 34.9 Å². The summed E-state index contributed by atoms with van der Waals surface area (Å²) in [4.78, 5) is 0. The third kappa shape index (κ3) is 2.78. The molecule has 1 nitrogen and oxygen atoms in total. The molecule has 136 valence electrons. The molecule has 0 amide bonds. The topological polar surface area (TPSA) is 13.1 Å². The molecule has 0 aliphatic carbocycles. The fourth-order valence-corrected chi connectivity index (χ4v) is 3.76. The fraction of sp³-hybridized carbons (Fsp3) is 0.0769. The average Bonchev–Trinajstić information content (AvgIpc) is 3.13. The summed E-state index contributed by atoms with van der Waals surface area (Å²) in [6.45, 7) is 1.83. The van der Waals surface area contributed by atoms with E-state index >= 15 is 0 Å². The van der Waals surface area contributed by atoms with Crippen LogP contribution in [0.3, 0.4) is 0 Å². The first-order chi connectivity index (χ1) is 14.0. The van der Waals surface area contributed by atoms with Crippen molar-refractivity contribution in [1.82, 2.24) is 0 Å². The second kappa shape index (κ2) is 6.65. The second-order valence-electron chi connectivity index (χ2n) is 6.99. The van der Waals surface area contributed by atoms with Crippen molar-refractivity contribution in [2.24, 2.45) is 0 Å². The number of benzene rings is 4. The summed E-state index contributed by atoms with van der Waals surface area (Å²) in [5, 5.41) is 2.17. The van der Waals surface area contributed by atoms with Crippen LogP contribution < -0.4 is 0 Å².